The summed E-state index contributed by atoms with van der Waals surface area (Å²) in [6, 6.07) is 10.6. The van der Waals surface area contributed by atoms with E-state index in [0.717, 1.165) is 26.1 Å². The first-order chi connectivity index (χ1) is 9.40. The summed E-state index contributed by atoms with van der Waals surface area (Å²) >= 11 is 34.4. The second-order valence-electron chi connectivity index (χ2n) is 3.46. The van der Waals surface area contributed by atoms with Crippen LogP contribution < -0.4 is 7.36 Å². The van der Waals surface area contributed by atoms with Crippen LogP contribution in [-0.4, -0.2) is 0 Å². The molecular weight excluding hydrogens is 573 g/mol. The van der Waals surface area contributed by atoms with Crippen molar-refractivity contribution in [2.24, 2.45) is 0 Å². The molecule has 103 valence electrons. The Hall–Kier alpha value is 0.915. The maximum absolute atomic E-state index is 5.71. The van der Waals surface area contributed by atoms with Gasteiger partial charge in [-0.3, -0.25) is 0 Å². The molecule has 2 aromatic carbocycles. The first-order valence-corrected chi connectivity index (χ1v) is 10.0. The maximum atomic E-state index is 5.71. The van der Waals surface area contributed by atoms with Gasteiger partial charge in [0.15, 0.2) is 5.75 Å². The van der Waals surface area contributed by atoms with Gasteiger partial charge in [-0.2, -0.15) is 0 Å². The van der Waals surface area contributed by atoms with Crippen molar-refractivity contribution in [2.45, 2.75) is 0 Å². The van der Waals surface area contributed by atoms with E-state index < -0.39 is 0 Å². The summed E-state index contributed by atoms with van der Waals surface area (Å²) in [7, 11) is 0. The molecule has 0 amide bonds. The third kappa shape index (κ3) is 4.98. The van der Waals surface area contributed by atoms with Gasteiger partial charge in [-0.15, -0.1) is 0 Å². The van der Waals surface area contributed by atoms with Crippen molar-refractivity contribution in [3.8, 4) is 5.75 Å². The van der Waals surface area contributed by atoms with Crippen LogP contribution >= 0.6 is 69.9 Å². The molecule has 0 aliphatic heterocycles. The van der Waals surface area contributed by atoms with E-state index in [9.17, 15) is 0 Å². The average Bonchev–Trinajstić information content (AvgIpc) is 2.45. The van der Waals surface area contributed by atoms with Crippen molar-refractivity contribution in [2.75, 3.05) is 0 Å². The molecule has 0 unspecified atom stereocenters. The molecule has 0 saturated heterocycles. The van der Waals surface area contributed by atoms with Crippen LogP contribution in [0.3, 0.4) is 0 Å². The van der Waals surface area contributed by atoms with Gasteiger partial charge in [0.1, 0.15) is 21.9 Å². The topological polar surface area (TPSA) is 9.23 Å². The molecule has 0 heterocycles. The molecule has 0 aliphatic carbocycles. The van der Waals surface area contributed by atoms with Crippen LogP contribution in [0.2, 0.25) is 25.1 Å². The second kappa shape index (κ2) is 9.14. The van der Waals surface area contributed by atoms with Gasteiger partial charge in [-0.25, -0.2) is 0 Å². The van der Waals surface area contributed by atoms with Crippen LogP contribution in [0.5, 0.6) is 5.75 Å². The Balaban J connectivity index is 0.000000240. The summed E-state index contributed by atoms with van der Waals surface area (Å²) in [4.78, 5) is 0. The number of hydrogen-bond acceptors (Lipinski definition) is 1. The van der Waals surface area contributed by atoms with Crippen molar-refractivity contribution >= 4 is 72.9 Å². The van der Waals surface area contributed by atoms with Gasteiger partial charge in [0.05, 0.1) is 15.1 Å². The van der Waals surface area contributed by atoms with E-state index in [1.54, 1.807) is 0 Å². The summed E-state index contributed by atoms with van der Waals surface area (Å²) in [6.07, 6.45) is 0. The van der Waals surface area contributed by atoms with Crippen LogP contribution in [0, 0.1) is 0 Å². The first kappa shape index (κ1) is 19.0. The molecule has 0 spiro atoms. The van der Waals surface area contributed by atoms with E-state index in [1.165, 1.54) is 3.07 Å². The predicted molar refractivity (Wildman–Crippen MR) is 84.0 cm³/mol. The molecule has 2 rings (SSSR count). The van der Waals surface area contributed by atoms with E-state index in [4.69, 9.17) is 69.9 Å². The Morgan fingerprint density at radius 2 is 1.10 bits per heavy atom. The number of rotatable bonds is 1. The summed E-state index contributed by atoms with van der Waals surface area (Å²) in [5.74, 6) is -0.00981. The van der Waals surface area contributed by atoms with Crippen LogP contribution in [0.1, 0.15) is 0 Å². The van der Waals surface area contributed by atoms with Crippen molar-refractivity contribution in [1.29, 1.82) is 0 Å². The molecule has 8 heteroatoms. The number of hydrogen-bond donors (Lipinski definition) is 0. The fraction of sp³-hybridized carbons (Fsp3) is 0. The Bertz CT molecular complexity index is 561. The van der Waals surface area contributed by atoms with Crippen LogP contribution in [0.25, 0.3) is 0 Å². The summed E-state index contributed by atoms with van der Waals surface area (Å²) in [6.45, 7) is 0. The Labute approximate surface area is 163 Å². The SMILES string of the molecule is ClOc1c(Cl)c(Cl)c(Cl)c(Cl)c1Cl.[Hg][c]1ccccc1. The van der Waals surface area contributed by atoms with E-state index in [-0.39, 0.29) is 30.9 Å². The standard InChI is InChI=1S/C6Cl6O.C6H5.Hg/c7-1-2(8)4(10)6(13-12)5(11)3(1)9;1-2-4-6-5-3-1;/h;1-5H;. The minimum absolute atomic E-state index is 0.00981. The molecule has 0 N–H and O–H groups in total. The van der Waals surface area contributed by atoms with Gasteiger partial charge in [0, 0.05) is 0 Å². The van der Waals surface area contributed by atoms with Crippen molar-refractivity contribution in [3.05, 3.63) is 55.4 Å². The molecule has 20 heavy (non-hydrogen) atoms. The van der Waals surface area contributed by atoms with Gasteiger partial charge in [0.25, 0.3) is 0 Å². The Morgan fingerprint density at radius 3 is 1.40 bits per heavy atom. The molecule has 2 aromatic rings. The second-order valence-corrected chi connectivity index (χ2v) is 8.68. The van der Waals surface area contributed by atoms with Crippen molar-refractivity contribution in [3.63, 3.8) is 0 Å². The number of halogens is 6. The van der Waals surface area contributed by atoms with E-state index in [0.29, 0.717) is 0 Å². The van der Waals surface area contributed by atoms with Gasteiger partial charge in [0.2, 0.25) is 0 Å². The van der Waals surface area contributed by atoms with Crippen LogP contribution in [0.4, 0.5) is 0 Å². The van der Waals surface area contributed by atoms with Gasteiger partial charge in [-0.1, -0.05) is 58.0 Å². The van der Waals surface area contributed by atoms with Gasteiger partial charge >= 0.3 is 59.5 Å². The van der Waals surface area contributed by atoms with Crippen molar-refractivity contribution in [1.82, 2.24) is 0 Å². The molecular formula is C12H5Cl6HgO. The monoisotopic (exact) mass is 577 g/mol. The third-order valence-corrected chi connectivity index (χ3v) is 6.32. The molecule has 0 radical (unpaired) electrons. The minimum atomic E-state index is -0.00981. The fourth-order valence-electron chi connectivity index (χ4n) is 1.13. The van der Waals surface area contributed by atoms with Crippen molar-refractivity contribution < 1.29 is 30.4 Å². The number of benzene rings is 2. The van der Waals surface area contributed by atoms with E-state index in [1.807, 2.05) is 0 Å². The van der Waals surface area contributed by atoms with Crippen LogP contribution in [0.15, 0.2) is 30.3 Å². The summed E-state index contributed by atoms with van der Waals surface area (Å²) in [5.41, 5.74) is 0. The molecule has 0 saturated carbocycles. The van der Waals surface area contributed by atoms with Gasteiger partial charge in [-0.05, 0) is 0 Å². The quantitative estimate of drug-likeness (QED) is 0.218. The average molecular weight is 578 g/mol. The molecule has 0 aromatic heterocycles. The van der Waals surface area contributed by atoms with Crippen LogP contribution in [-0.2, 0) is 26.1 Å². The van der Waals surface area contributed by atoms with E-state index in [2.05, 4.69) is 34.6 Å². The molecule has 0 aliphatic rings. The molecule has 0 fully saturated rings. The summed E-state index contributed by atoms with van der Waals surface area (Å²) < 4.78 is 5.89. The Morgan fingerprint density at radius 1 is 0.700 bits per heavy atom. The Kier molecular flexibility index (Phi) is 8.67. The third-order valence-electron chi connectivity index (χ3n) is 2.09. The normalized spacial score (nSPS) is 9.80. The molecule has 0 bridgehead atoms. The molecule has 0 atom stereocenters. The zero-order valence-corrected chi connectivity index (χ0v) is 19.8. The van der Waals surface area contributed by atoms with E-state index >= 15 is 0 Å². The zero-order valence-electron chi connectivity index (χ0n) is 9.77. The first-order valence-electron chi connectivity index (χ1n) is 5.07. The summed E-state index contributed by atoms with van der Waals surface area (Å²) in [5, 5.41) is 0.213. The van der Waals surface area contributed by atoms with Gasteiger partial charge < -0.3 is 4.29 Å². The molecule has 1 nitrogen and oxygen atoms in total. The zero-order chi connectivity index (χ0) is 15.3. The fourth-order valence-corrected chi connectivity index (χ4v) is 3.62. The predicted octanol–water partition coefficient (Wildman–Crippen LogP) is 6.34.